The van der Waals surface area contributed by atoms with E-state index in [4.69, 9.17) is 4.74 Å². The molecule has 2 aliphatic rings. The van der Waals surface area contributed by atoms with Crippen LogP contribution in [0.15, 0.2) is 53.4 Å². The van der Waals surface area contributed by atoms with Gasteiger partial charge in [0, 0.05) is 37.6 Å². The Hall–Kier alpha value is -3.49. The van der Waals surface area contributed by atoms with Crippen LogP contribution >= 0.6 is 11.3 Å². The normalized spacial score (nSPS) is 17.0. The second kappa shape index (κ2) is 10.8. The van der Waals surface area contributed by atoms with Gasteiger partial charge in [0.25, 0.3) is 0 Å². The van der Waals surface area contributed by atoms with Gasteiger partial charge in [0.05, 0.1) is 45.3 Å². The van der Waals surface area contributed by atoms with Crippen LogP contribution in [0, 0.1) is 25.2 Å². The van der Waals surface area contributed by atoms with Gasteiger partial charge in [0.2, 0.25) is 10.0 Å². The molecule has 4 heterocycles. The van der Waals surface area contributed by atoms with E-state index in [1.807, 2.05) is 56.3 Å². The van der Waals surface area contributed by atoms with Crippen LogP contribution in [0.5, 0.6) is 0 Å². The van der Waals surface area contributed by atoms with Crippen molar-refractivity contribution in [1.29, 1.82) is 5.26 Å². The fraction of sp³-hybridized carbons (Fsp3) is 0.333. The Kier molecular flexibility index (Phi) is 7.23. The number of rotatable bonds is 6. The van der Waals surface area contributed by atoms with Crippen molar-refractivity contribution in [1.82, 2.24) is 13.9 Å². The van der Waals surface area contributed by atoms with Crippen molar-refractivity contribution in [2.45, 2.75) is 31.6 Å². The van der Waals surface area contributed by atoms with E-state index in [2.05, 4.69) is 26.6 Å². The van der Waals surface area contributed by atoms with Gasteiger partial charge >= 0.3 is 0 Å². The Balaban J connectivity index is 1.46. The smallest absolute Gasteiger partial charge is 0.243 e. The summed E-state index contributed by atoms with van der Waals surface area (Å²) in [6.07, 6.45) is 4.11. The van der Waals surface area contributed by atoms with Crippen molar-refractivity contribution in [3.05, 3.63) is 70.5 Å². The van der Waals surface area contributed by atoms with Crippen LogP contribution in [0.4, 0.5) is 5.69 Å². The lowest BCUT2D eigenvalue weighted by Gasteiger charge is -2.28. The lowest BCUT2D eigenvalue weighted by atomic mass is 10.1. The molecule has 0 amide bonds. The number of benzene rings is 2. The maximum absolute atomic E-state index is 13.6. The first-order valence-electron chi connectivity index (χ1n) is 13.5. The average molecular weight is 574 g/mol. The van der Waals surface area contributed by atoms with Crippen LogP contribution in [0.25, 0.3) is 27.6 Å². The highest BCUT2D eigenvalue weighted by Gasteiger charge is 2.29. The van der Waals surface area contributed by atoms with Gasteiger partial charge in [-0.25, -0.2) is 13.4 Å². The zero-order valence-corrected chi connectivity index (χ0v) is 24.3. The second-order valence-electron chi connectivity index (χ2n) is 10.2. The number of aryl methyl sites for hydroxylation is 1. The minimum atomic E-state index is -3.66. The minimum Gasteiger partial charge on any atom is -0.379 e. The number of thiazole rings is 1. The third-order valence-corrected chi connectivity index (χ3v) is 10.6. The van der Waals surface area contributed by atoms with Gasteiger partial charge < -0.3 is 14.2 Å². The summed E-state index contributed by atoms with van der Waals surface area (Å²) in [6.45, 7) is 7.41. The first-order chi connectivity index (χ1) is 19.4. The monoisotopic (exact) mass is 573 g/mol. The number of morpholine rings is 1. The summed E-state index contributed by atoms with van der Waals surface area (Å²) in [5.41, 5.74) is 6.04. The molecular formula is C30H31N5O3S2. The van der Waals surface area contributed by atoms with Crippen molar-refractivity contribution in [2.24, 2.45) is 0 Å². The molecular weight excluding hydrogens is 542 g/mol. The lowest BCUT2D eigenvalue weighted by molar-refractivity contribution is 0.0730. The summed E-state index contributed by atoms with van der Waals surface area (Å²) in [5, 5.41) is 10.7. The van der Waals surface area contributed by atoms with Crippen molar-refractivity contribution >= 4 is 48.9 Å². The molecule has 0 radical (unpaired) electrons. The van der Waals surface area contributed by atoms with E-state index in [1.54, 1.807) is 6.07 Å². The molecule has 6 rings (SSSR count). The molecule has 2 fully saturated rings. The molecule has 0 unspecified atom stereocenters. The van der Waals surface area contributed by atoms with Gasteiger partial charge in [-0.15, -0.1) is 11.3 Å². The van der Waals surface area contributed by atoms with Crippen LogP contribution in [-0.2, 0) is 14.8 Å². The largest absolute Gasteiger partial charge is 0.379 e. The fourth-order valence-electron chi connectivity index (χ4n) is 5.59. The lowest BCUT2D eigenvalue weighted by Crippen LogP contribution is -2.40. The number of aromatic nitrogens is 2. The molecule has 2 aromatic heterocycles. The first-order valence-corrected chi connectivity index (χ1v) is 15.8. The van der Waals surface area contributed by atoms with Crippen molar-refractivity contribution in [3.63, 3.8) is 0 Å². The van der Waals surface area contributed by atoms with Gasteiger partial charge in [-0.1, -0.05) is 12.1 Å². The number of ether oxygens (including phenoxy) is 1. The quantitative estimate of drug-likeness (QED) is 0.287. The maximum Gasteiger partial charge on any atom is 0.243 e. The third kappa shape index (κ3) is 4.84. The van der Waals surface area contributed by atoms with Crippen LogP contribution in [0.2, 0.25) is 0 Å². The molecule has 2 aliphatic heterocycles. The highest BCUT2D eigenvalue weighted by molar-refractivity contribution is 7.89. The summed E-state index contributed by atoms with van der Waals surface area (Å²) < 4.78 is 37.2. The van der Waals surface area contributed by atoms with E-state index in [0.717, 1.165) is 64.5 Å². The van der Waals surface area contributed by atoms with Crippen molar-refractivity contribution in [2.75, 3.05) is 44.3 Å². The number of fused-ring (bicyclic) bond motifs is 1. The molecule has 0 aliphatic carbocycles. The highest BCUT2D eigenvalue weighted by atomic mass is 32.2. The molecule has 0 bridgehead atoms. The van der Waals surface area contributed by atoms with Gasteiger partial charge in [0.15, 0.2) is 0 Å². The van der Waals surface area contributed by atoms with Gasteiger partial charge in [-0.2, -0.15) is 9.57 Å². The molecule has 2 aromatic carbocycles. The van der Waals surface area contributed by atoms with Gasteiger partial charge in [-0.3, -0.25) is 0 Å². The van der Waals surface area contributed by atoms with E-state index < -0.39 is 10.0 Å². The highest BCUT2D eigenvalue weighted by Crippen LogP contribution is 2.35. The van der Waals surface area contributed by atoms with Crippen molar-refractivity contribution in [3.8, 4) is 11.8 Å². The summed E-state index contributed by atoms with van der Waals surface area (Å²) in [6, 6.07) is 17.8. The van der Waals surface area contributed by atoms with E-state index in [-0.39, 0.29) is 4.90 Å². The summed E-state index contributed by atoms with van der Waals surface area (Å²) in [4.78, 5) is 7.29. The Bertz CT molecular complexity index is 1720. The zero-order chi connectivity index (χ0) is 27.9. The minimum absolute atomic E-state index is 0.282. The molecule has 0 spiro atoms. The van der Waals surface area contributed by atoms with Crippen LogP contribution in [0.3, 0.4) is 0 Å². The molecule has 0 atom stereocenters. The Morgan fingerprint density at radius 3 is 2.50 bits per heavy atom. The summed E-state index contributed by atoms with van der Waals surface area (Å²) in [7, 11) is -3.66. The first kappa shape index (κ1) is 26.7. The second-order valence-corrected chi connectivity index (χ2v) is 13.1. The molecule has 206 valence electrons. The molecule has 10 heteroatoms. The number of nitriles is 1. The SMILES string of the molecule is Cc1cc(/C=C(\C#N)c2nc3ccccc3s2)c(C)n1-c1cc(S(=O)(=O)N2CCOCC2)ccc1N1CCCC1. The summed E-state index contributed by atoms with van der Waals surface area (Å²) in [5.74, 6) is 0. The molecule has 40 heavy (non-hydrogen) atoms. The molecule has 4 aromatic rings. The molecule has 2 saturated heterocycles. The average Bonchev–Trinajstić information content (AvgIpc) is 3.71. The molecule has 0 N–H and O–H groups in total. The van der Waals surface area contributed by atoms with E-state index in [9.17, 15) is 13.7 Å². The number of hydrogen-bond donors (Lipinski definition) is 0. The predicted molar refractivity (Wildman–Crippen MR) is 159 cm³/mol. The topological polar surface area (TPSA) is 91.5 Å². The van der Waals surface area contributed by atoms with Gasteiger partial charge in [0.1, 0.15) is 11.1 Å². The Morgan fingerprint density at radius 1 is 1.02 bits per heavy atom. The van der Waals surface area contributed by atoms with Crippen LogP contribution < -0.4 is 4.90 Å². The van der Waals surface area contributed by atoms with Crippen LogP contribution in [-0.4, -0.2) is 61.7 Å². The number of hydrogen-bond acceptors (Lipinski definition) is 7. The zero-order valence-electron chi connectivity index (χ0n) is 22.6. The number of para-hydroxylation sites is 1. The van der Waals surface area contributed by atoms with E-state index >= 15 is 0 Å². The molecule has 0 saturated carbocycles. The fourth-order valence-corrected chi connectivity index (χ4v) is 7.95. The Labute approximate surface area is 238 Å². The maximum atomic E-state index is 13.6. The Morgan fingerprint density at radius 2 is 1.77 bits per heavy atom. The van der Waals surface area contributed by atoms with Gasteiger partial charge in [-0.05, 0) is 74.7 Å². The van der Waals surface area contributed by atoms with Crippen LogP contribution in [0.1, 0.15) is 34.8 Å². The van der Waals surface area contributed by atoms with E-state index in [1.165, 1.54) is 15.6 Å². The number of nitrogens with zero attached hydrogens (tertiary/aromatic N) is 5. The number of sulfonamides is 1. The number of allylic oxidation sites excluding steroid dienone is 1. The molecule has 8 nitrogen and oxygen atoms in total. The van der Waals surface area contributed by atoms with Crippen molar-refractivity contribution < 1.29 is 13.2 Å². The van der Waals surface area contributed by atoms with E-state index in [0.29, 0.717) is 36.9 Å². The number of anilines is 1. The summed E-state index contributed by atoms with van der Waals surface area (Å²) >= 11 is 1.50. The predicted octanol–water partition coefficient (Wildman–Crippen LogP) is 5.39. The third-order valence-electron chi connectivity index (χ3n) is 7.66. The standard InChI is InChI=1S/C30H31N5O3S2/c1-21-17-23(18-24(20-31)30-32-26-7-3-4-8-29(26)39-30)22(2)35(21)28-19-25(9-10-27(28)33-11-5-6-12-33)40(36,37)34-13-15-38-16-14-34/h3-4,7-10,17-19H,5-6,11-16H2,1-2H3/b24-18+.